The first-order chi connectivity index (χ1) is 7.63. The van der Waals surface area contributed by atoms with Gasteiger partial charge in [-0.2, -0.15) is 0 Å². The van der Waals surface area contributed by atoms with Crippen molar-refractivity contribution in [2.45, 2.75) is 13.8 Å². The molecule has 1 heterocycles. The first-order valence-corrected chi connectivity index (χ1v) is 5.24. The number of allylic oxidation sites excluding steroid dienone is 3. The number of carbonyl (C=O) groups is 1. The number of aromatic nitrogens is 1. The fraction of sp³-hybridized carbons (Fsp3) is 0.167. The standard InChI is InChI=1S/C12H13ClN2O/c1-3-4-5-6-12(16)15-10-7-8-11(13)14-9(10)2/h3-8H,1-2H3,(H,15,16). The predicted octanol–water partition coefficient (Wildman–Crippen LogP) is 3.11. The number of carbonyl (C=O) groups excluding carboxylic acids is 1. The second-order valence-electron chi connectivity index (χ2n) is 3.14. The molecule has 4 heteroatoms. The third kappa shape index (κ3) is 3.87. The van der Waals surface area contributed by atoms with Crippen molar-refractivity contribution in [1.82, 2.24) is 4.98 Å². The molecule has 0 bridgehead atoms. The summed E-state index contributed by atoms with van der Waals surface area (Å²) in [5.74, 6) is -0.190. The maximum atomic E-state index is 11.4. The fourth-order valence-electron chi connectivity index (χ4n) is 1.09. The molecule has 0 saturated heterocycles. The van der Waals surface area contributed by atoms with Crippen LogP contribution in [0.2, 0.25) is 5.15 Å². The molecule has 0 aliphatic rings. The molecule has 0 aliphatic carbocycles. The number of hydrogen-bond acceptors (Lipinski definition) is 2. The first-order valence-electron chi connectivity index (χ1n) is 4.87. The van der Waals surface area contributed by atoms with Crippen molar-refractivity contribution >= 4 is 23.2 Å². The normalized spacial score (nSPS) is 11.2. The molecule has 1 aromatic rings. The highest BCUT2D eigenvalue weighted by molar-refractivity contribution is 6.29. The van der Waals surface area contributed by atoms with Crippen LogP contribution in [0.4, 0.5) is 5.69 Å². The van der Waals surface area contributed by atoms with Gasteiger partial charge in [0.05, 0.1) is 11.4 Å². The van der Waals surface area contributed by atoms with Gasteiger partial charge in [0.2, 0.25) is 5.91 Å². The van der Waals surface area contributed by atoms with Gasteiger partial charge in [0.15, 0.2) is 0 Å². The van der Waals surface area contributed by atoms with Crippen molar-refractivity contribution in [2.24, 2.45) is 0 Å². The summed E-state index contributed by atoms with van der Waals surface area (Å²) < 4.78 is 0. The maximum Gasteiger partial charge on any atom is 0.248 e. The summed E-state index contributed by atoms with van der Waals surface area (Å²) in [4.78, 5) is 15.5. The number of pyridine rings is 1. The molecule has 1 aromatic heterocycles. The predicted molar refractivity (Wildman–Crippen MR) is 66.6 cm³/mol. The van der Waals surface area contributed by atoms with Crippen LogP contribution in [0.25, 0.3) is 0 Å². The maximum absolute atomic E-state index is 11.4. The van der Waals surface area contributed by atoms with Gasteiger partial charge in [-0.3, -0.25) is 4.79 Å². The van der Waals surface area contributed by atoms with E-state index in [1.54, 1.807) is 31.2 Å². The number of nitrogens with one attached hydrogen (secondary N) is 1. The quantitative estimate of drug-likeness (QED) is 0.498. The number of halogens is 1. The minimum atomic E-state index is -0.190. The Morgan fingerprint density at radius 2 is 2.19 bits per heavy atom. The van der Waals surface area contributed by atoms with Gasteiger partial charge in [-0.1, -0.05) is 29.8 Å². The van der Waals surface area contributed by atoms with Crippen LogP contribution in [0.15, 0.2) is 36.4 Å². The summed E-state index contributed by atoms with van der Waals surface area (Å²) in [5, 5.41) is 3.13. The third-order valence-electron chi connectivity index (χ3n) is 1.86. The molecule has 0 radical (unpaired) electrons. The van der Waals surface area contributed by atoms with Crippen LogP contribution in [-0.2, 0) is 4.79 Å². The van der Waals surface area contributed by atoms with E-state index in [-0.39, 0.29) is 5.91 Å². The van der Waals surface area contributed by atoms with E-state index in [4.69, 9.17) is 11.6 Å². The Hall–Kier alpha value is -1.61. The molecule has 3 nitrogen and oxygen atoms in total. The first kappa shape index (κ1) is 12.5. The fourth-order valence-corrected chi connectivity index (χ4v) is 1.28. The second kappa shape index (κ2) is 6.08. The molecule has 0 fully saturated rings. The lowest BCUT2D eigenvalue weighted by atomic mass is 10.3. The third-order valence-corrected chi connectivity index (χ3v) is 2.07. The Kier molecular flexibility index (Phi) is 4.73. The molecule has 0 saturated carbocycles. The summed E-state index contributed by atoms with van der Waals surface area (Å²) in [6.45, 7) is 3.67. The lowest BCUT2D eigenvalue weighted by Gasteiger charge is -2.05. The molecule has 0 aliphatic heterocycles. The highest BCUT2D eigenvalue weighted by Gasteiger charge is 2.02. The summed E-state index contributed by atoms with van der Waals surface area (Å²) in [7, 11) is 0. The van der Waals surface area contributed by atoms with Gasteiger partial charge in [0, 0.05) is 6.08 Å². The highest BCUT2D eigenvalue weighted by atomic mass is 35.5. The Balaban J connectivity index is 2.70. The van der Waals surface area contributed by atoms with E-state index >= 15 is 0 Å². The molecule has 1 amide bonds. The number of hydrogen-bond donors (Lipinski definition) is 1. The molecule has 84 valence electrons. The van der Waals surface area contributed by atoms with E-state index < -0.39 is 0 Å². The summed E-state index contributed by atoms with van der Waals surface area (Å²) >= 11 is 5.71. The largest absolute Gasteiger partial charge is 0.321 e. The van der Waals surface area contributed by atoms with E-state index in [1.807, 2.05) is 13.0 Å². The van der Waals surface area contributed by atoms with Crippen molar-refractivity contribution in [2.75, 3.05) is 5.32 Å². The van der Waals surface area contributed by atoms with E-state index in [0.717, 1.165) is 0 Å². The molecule has 16 heavy (non-hydrogen) atoms. The number of rotatable bonds is 3. The van der Waals surface area contributed by atoms with E-state index in [1.165, 1.54) is 6.08 Å². The van der Waals surface area contributed by atoms with Crippen LogP contribution < -0.4 is 5.32 Å². The van der Waals surface area contributed by atoms with Gasteiger partial charge < -0.3 is 5.32 Å². The minimum Gasteiger partial charge on any atom is -0.321 e. The van der Waals surface area contributed by atoms with Crippen LogP contribution in [0.5, 0.6) is 0 Å². The number of aryl methyl sites for hydroxylation is 1. The molecule has 1 rings (SSSR count). The Morgan fingerprint density at radius 3 is 2.81 bits per heavy atom. The van der Waals surface area contributed by atoms with Crippen LogP contribution >= 0.6 is 11.6 Å². The van der Waals surface area contributed by atoms with Gasteiger partial charge >= 0.3 is 0 Å². The van der Waals surface area contributed by atoms with Crippen molar-refractivity contribution in [3.05, 3.63) is 47.3 Å². The van der Waals surface area contributed by atoms with Gasteiger partial charge in [-0.05, 0) is 26.0 Å². The zero-order valence-corrected chi connectivity index (χ0v) is 9.95. The Labute approximate surface area is 99.8 Å². The Bertz CT molecular complexity index is 439. The lowest BCUT2D eigenvalue weighted by molar-refractivity contribution is -0.111. The molecular formula is C12H13ClN2O. The van der Waals surface area contributed by atoms with Crippen LogP contribution in [0.3, 0.4) is 0 Å². The second-order valence-corrected chi connectivity index (χ2v) is 3.53. The molecule has 0 unspecified atom stereocenters. The van der Waals surface area contributed by atoms with Gasteiger partial charge in [0.1, 0.15) is 5.15 Å². The van der Waals surface area contributed by atoms with Gasteiger partial charge in [-0.15, -0.1) is 0 Å². The van der Waals surface area contributed by atoms with Crippen LogP contribution in [-0.4, -0.2) is 10.9 Å². The van der Waals surface area contributed by atoms with Gasteiger partial charge in [-0.25, -0.2) is 4.98 Å². The molecule has 1 N–H and O–H groups in total. The smallest absolute Gasteiger partial charge is 0.248 e. The van der Waals surface area contributed by atoms with Crippen molar-refractivity contribution in [1.29, 1.82) is 0 Å². The molecular weight excluding hydrogens is 224 g/mol. The zero-order valence-electron chi connectivity index (χ0n) is 9.20. The monoisotopic (exact) mass is 236 g/mol. The Morgan fingerprint density at radius 1 is 1.44 bits per heavy atom. The summed E-state index contributed by atoms with van der Waals surface area (Å²) in [6, 6.07) is 3.37. The zero-order chi connectivity index (χ0) is 12.0. The SMILES string of the molecule is CC=CC=CC(=O)Nc1ccc(Cl)nc1C. The lowest BCUT2D eigenvalue weighted by Crippen LogP contribution is -2.09. The van der Waals surface area contributed by atoms with E-state index in [0.29, 0.717) is 16.5 Å². The average Bonchev–Trinajstić information content (AvgIpc) is 2.23. The number of anilines is 1. The number of amides is 1. The van der Waals surface area contributed by atoms with Crippen molar-refractivity contribution in [3.63, 3.8) is 0 Å². The van der Waals surface area contributed by atoms with Gasteiger partial charge in [0.25, 0.3) is 0 Å². The van der Waals surface area contributed by atoms with Crippen LogP contribution in [0.1, 0.15) is 12.6 Å². The molecule has 0 spiro atoms. The summed E-state index contributed by atoms with van der Waals surface area (Å²) in [6.07, 6.45) is 6.76. The molecule has 0 atom stereocenters. The van der Waals surface area contributed by atoms with Crippen LogP contribution in [0, 0.1) is 6.92 Å². The average molecular weight is 237 g/mol. The van der Waals surface area contributed by atoms with E-state index in [2.05, 4.69) is 10.3 Å². The molecule has 0 aromatic carbocycles. The number of nitrogens with zero attached hydrogens (tertiary/aromatic N) is 1. The minimum absolute atomic E-state index is 0.190. The topological polar surface area (TPSA) is 42.0 Å². The van der Waals surface area contributed by atoms with Crippen molar-refractivity contribution < 1.29 is 4.79 Å². The van der Waals surface area contributed by atoms with E-state index in [9.17, 15) is 4.79 Å². The van der Waals surface area contributed by atoms with Crippen molar-refractivity contribution in [3.8, 4) is 0 Å². The highest BCUT2D eigenvalue weighted by Crippen LogP contribution is 2.15. The summed E-state index contributed by atoms with van der Waals surface area (Å²) in [5.41, 5.74) is 1.36.